The lowest BCUT2D eigenvalue weighted by atomic mass is 10.1. The molecule has 2 aromatic rings. The lowest BCUT2D eigenvalue weighted by Crippen LogP contribution is -2.39. The van der Waals surface area contributed by atoms with Crippen molar-refractivity contribution in [1.29, 1.82) is 0 Å². The molecule has 8 heteroatoms. The van der Waals surface area contributed by atoms with E-state index in [1.165, 1.54) is 0 Å². The van der Waals surface area contributed by atoms with Crippen LogP contribution < -0.4 is 10.2 Å². The fourth-order valence-electron chi connectivity index (χ4n) is 3.44. The van der Waals surface area contributed by atoms with Crippen LogP contribution in [0, 0.1) is 12.8 Å². The second-order valence-electron chi connectivity index (χ2n) is 7.50. The molecule has 0 bridgehead atoms. The Hall–Kier alpha value is -2.25. The van der Waals surface area contributed by atoms with Crippen LogP contribution in [0.25, 0.3) is 5.65 Å². The first-order chi connectivity index (χ1) is 12.3. The molecule has 1 N–H and O–H groups in total. The van der Waals surface area contributed by atoms with Gasteiger partial charge in [-0.05, 0) is 32.6 Å². The number of carbonyl (C=O) groups excluding carboxylic acids is 1. The Bertz CT molecular complexity index is 835. The molecule has 0 radical (unpaired) electrons. The molecular formula is C18H23F2N5O. The van der Waals surface area contributed by atoms with Gasteiger partial charge < -0.3 is 10.2 Å². The molecule has 140 valence electrons. The normalized spacial score (nSPS) is 21.0. The quantitative estimate of drug-likeness (QED) is 0.907. The van der Waals surface area contributed by atoms with Crippen molar-refractivity contribution in [3.63, 3.8) is 0 Å². The fourth-order valence-corrected chi connectivity index (χ4v) is 3.44. The zero-order chi connectivity index (χ0) is 18.5. The highest BCUT2D eigenvalue weighted by atomic mass is 19.3. The minimum Gasteiger partial charge on any atom is -0.356 e. The Balaban J connectivity index is 1.56. The van der Waals surface area contributed by atoms with Crippen LogP contribution in [0.2, 0.25) is 0 Å². The largest absolute Gasteiger partial charge is 0.356 e. The molecule has 1 amide bonds. The number of carbonyl (C=O) groups is 1. The van der Waals surface area contributed by atoms with Gasteiger partial charge in [0.1, 0.15) is 5.82 Å². The predicted molar refractivity (Wildman–Crippen MR) is 93.8 cm³/mol. The maximum Gasteiger partial charge on any atom is 0.272 e. The van der Waals surface area contributed by atoms with Crippen molar-refractivity contribution < 1.29 is 13.6 Å². The van der Waals surface area contributed by atoms with E-state index in [2.05, 4.69) is 15.4 Å². The van der Waals surface area contributed by atoms with Crippen LogP contribution in [-0.4, -0.2) is 45.6 Å². The first kappa shape index (κ1) is 17.2. The van der Waals surface area contributed by atoms with Crippen molar-refractivity contribution in [2.45, 2.75) is 51.5 Å². The van der Waals surface area contributed by atoms with E-state index in [9.17, 15) is 13.6 Å². The van der Waals surface area contributed by atoms with Crippen LogP contribution in [0.3, 0.4) is 0 Å². The van der Waals surface area contributed by atoms with Crippen molar-refractivity contribution in [3.05, 3.63) is 23.5 Å². The second-order valence-corrected chi connectivity index (χ2v) is 7.50. The number of halogens is 2. The number of rotatable bonds is 4. The van der Waals surface area contributed by atoms with Crippen LogP contribution in [-0.2, 0) is 0 Å². The highest BCUT2D eigenvalue weighted by Gasteiger charge is 2.34. The van der Waals surface area contributed by atoms with E-state index in [0.717, 1.165) is 18.5 Å². The van der Waals surface area contributed by atoms with Gasteiger partial charge in [0.25, 0.3) is 11.8 Å². The number of aryl methyl sites for hydroxylation is 1. The summed E-state index contributed by atoms with van der Waals surface area (Å²) >= 11 is 0. The van der Waals surface area contributed by atoms with Crippen molar-refractivity contribution >= 4 is 17.4 Å². The van der Waals surface area contributed by atoms with E-state index in [-0.39, 0.29) is 37.9 Å². The van der Waals surface area contributed by atoms with Gasteiger partial charge in [0.15, 0.2) is 11.3 Å². The van der Waals surface area contributed by atoms with Crippen molar-refractivity contribution in [2.24, 2.45) is 5.92 Å². The molecule has 1 saturated heterocycles. The highest BCUT2D eigenvalue weighted by Crippen LogP contribution is 2.32. The molecule has 2 fully saturated rings. The average Bonchev–Trinajstić information content (AvgIpc) is 3.34. The molecule has 2 aromatic heterocycles. The number of amides is 1. The summed E-state index contributed by atoms with van der Waals surface area (Å²) in [7, 11) is 0. The smallest absolute Gasteiger partial charge is 0.272 e. The van der Waals surface area contributed by atoms with Gasteiger partial charge in [0.05, 0.1) is 0 Å². The third-order valence-electron chi connectivity index (χ3n) is 5.33. The monoisotopic (exact) mass is 363 g/mol. The fraction of sp³-hybridized carbons (Fsp3) is 0.611. The number of hydrogen-bond acceptors (Lipinski definition) is 4. The Morgan fingerprint density at radius 1 is 1.31 bits per heavy atom. The first-order valence-electron chi connectivity index (χ1n) is 9.13. The van der Waals surface area contributed by atoms with Gasteiger partial charge in [-0.3, -0.25) is 4.79 Å². The standard InChI is InChI=1S/C18H23F2N5O/c1-11-9-15(24-7-5-18(19,20)6-8-24)22-16-10-14(23-25(11)16)17(26)21-12(2)13-3-4-13/h9-10,12-13H,3-8H2,1-2H3,(H,21,26)/t12-/m0/s1. The molecule has 0 spiro atoms. The molecule has 0 aromatic carbocycles. The minimum atomic E-state index is -2.59. The molecule has 26 heavy (non-hydrogen) atoms. The van der Waals surface area contributed by atoms with E-state index in [1.54, 1.807) is 10.6 Å². The predicted octanol–water partition coefficient (Wildman–Crippen LogP) is 2.80. The highest BCUT2D eigenvalue weighted by molar-refractivity contribution is 5.93. The average molecular weight is 363 g/mol. The summed E-state index contributed by atoms with van der Waals surface area (Å²) in [6.07, 6.45) is 1.99. The van der Waals surface area contributed by atoms with Gasteiger partial charge >= 0.3 is 0 Å². The summed E-state index contributed by atoms with van der Waals surface area (Å²) in [5, 5.41) is 7.35. The van der Waals surface area contributed by atoms with E-state index < -0.39 is 5.92 Å². The summed E-state index contributed by atoms with van der Waals surface area (Å²) in [6.45, 7) is 4.43. The van der Waals surface area contributed by atoms with Crippen LogP contribution in [0.4, 0.5) is 14.6 Å². The van der Waals surface area contributed by atoms with Crippen LogP contribution in [0.1, 0.15) is 48.8 Å². The van der Waals surface area contributed by atoms with E-state index >= 15 is 0 Å². The molecule has 2 aliphatic rings. The van der Waals surface area contributed by atoms with E-state index in [0.29, 0.717) is 23.1 Å². The van der Waals surface area contributed by atoms with Crippen molar-refractivity contribution in [3.8, 4) is 0 Å². The summed E-state index contributed by atoms with van der Waals surface area (Å²) in [6, 6.07) is 3.63. The summed E-state index contributed by atoms with van der Waals surface area (Å²) in [5.41, 5.74) is 1.70. The number of anilines is 1. The number of piperidine rings is 1. The van der Waals surface area contributed by atoms with Gasteiger partial charge in [0.2, 0.25) is 0 Å². The van der Waals surface area contributed by atoms with Gasteiger partial charge in [0, 0.05) is 49.8 Å². The molecule has 1 aliphatic carbocycles. The lowest BCUT2D eigenvalue weighted by molar-refractivity contribution is -0.0221. The maximum absolute atomic E-state index is 13.4. The SMILES string of the molecule is Cc1cc(N2CCC(F)(F)CC2)nc2cc(C(=O)N[C@@H](C)C3CC3)nn12. The summed E-state index contributed by atoms with van der Waals surface area (Å²) in [5.74, 6) is -1.56. The molecule has 1 saturated carbocycles. The van der Waals surface area contributed by atoms with Crippen LogP contribution in [0.5, 0.6) is 0 Å². The number of hydrogen-bond donors (Lipinski definition) is 1. The Morgan fingerprint density at radius 3 is 2.65 bits per heavy atom. The third-order valence-corrected chi connectivity index (χ3v) is 5.33. The van der Waals surface area contributed by atoms with Crippen molar-refractivity contribution in [2.75, 3.05) is 18.0 Å². The zero-order valence-electron chi connectivity index (χ0n) is 15.0. The Kier molecular flexibility index (Phi) is 4.08. The molecule has 1 atom stereocenters. The number of fused-ring (bicyclic) bond motifs is 1. The molecule has 4 rings (SSSR count). The second kappa shape index (κ2) is 6.17. The van der Waals surface area contributed by atoms with Crippen molar-refractivity contribution in [1.82, 2.24) is 19.9 Å². The molecule has 0 unspecified atom stereocenters. The summed E-state index contributed by atoms with van der Waals surface area (Å²) < 4.78 is 28.4. The topological polar surface area (TPSA) is 62.5 Å². The maximum atomic E-state index is 13.4. The van der Waals surface area contributed by atoms with Gasteiger partial charge in [-0.2, -0.15) is 5.10 Å². The van der Waals surface area contributed by atoms with Crippen LogP contribution >= 0.6 is 0 Å². The molecule has 3 heterocycles. The van der Waals surface area contributed by atoms with E-state index in [4.69, 9.17) is 0 Å². The third kappa shape index (κ3) is 3.37. The number of alkyl halides is 2. The van der Waals surface area contributed by atoms with E-state index in [1.807, 2.05) is 24.8 Å². The zero-order valence-corrected chi connectivity index (χ0v) is 15.0. The van der Waals surface area contributed by atoms with Gasteiger partial charge in [-0.1, -0.05) is 0 Å². The lowest BCUT2D eigenvalue weighted by Gasteiger charge is -2.32. The molecule has 6 nitrogen and oxygen atoms in total. The minimum absolute atomic E-state index is 0.145. The molecule has 1 aliphatic heterocycles. The number of nitrogens with one attached hydrogen (secondary N) is 1. The summed E-state index contributed by atoms with van der Waals surface area (Å²) in [4.78, 5) is 18.8. The number of nitrogens with zero attached hydrogens (tertiary/aromatic N) is 4. The number of aromatic nitrogens is 3. The first-order valence-corrected chi connectivity index (χ1v) is 9.13. The molecular weight excluding hydrogens is 340 g/mol. The Morgan fingerprint density at radius 2 is 2.00 bits per heavy atom. The van der Waals surface area contributed by atoms with Crippen LogP contribution in [0.15, 0.2) is 12.1 Å². The van der Waals surface area contributed by atoms with Gasteiger partial charge in [-0.15, -0.1) is 0 Å². The van der Waals surface area contributed by atoms with Gasteiger partial charge in [-0.25, -0.2) is 18.3 Å². The Labute approximate surface area is 150 Å².